The van der Waals surface area contributed by atoms with E-state index in [-0.39, 0.29) is 0 Å². The number of ether oxygens (including phenoxy) is 1. The zero-order valence-electron chi connectivity index (χ0n) is 10.0. The molecule has 1 N–H and O–H groups in total. The predicted octanol–water partition coefficient (Wildman–Crippen LogP) is 1.26. The van der Waals surface area contributed by atoms with Crippen LogP contribution in [0.25, 0.3) is 0 Å². The molecule has 88 valence electrons. The second-order valence-corrected chi connectivity index (χ2v) is 4.43. The van der Waals surface area contributed by atoms with Crippen LogP contribution in [0, 0.1) is 0 Å². The molecule has 0 amide bonds. The van der Waals surface area contributed by atoms with Gasteiger partial charge in [0.15, 0.2) is 0 Å². The van der Waals surface area contributed by atoms with Gasteiger partial charge in [-0.15, -0.1) is 6.58 Å². The standard InChI is InChI=1S/C12H24N2O/c1-4-5-6-11(2)13-9-12-10-14(3)7-8-15-12/h4,11-13H,1,5-10H2,2-3H3. The SMILES string of the molecule is C=CCCC(C)NCC1CN(C)CCO1. The van der Waals surface area contributed by atoms with Crippen LogP contribution in [0.3, 0.4) is 0 Å². The summed E-state index contributed by atoms with van der Waals surface area (Å²) in [5, 5.41) is 3.51. The second kappa shape index (κ2) is 6.99. The minimum absolute atomic E-state index is 0.356. The Kier molecular flexibility index (Phi) is 5.91. The molecule has 2 unspecified atom stereocenters. The third-order valence-corrected chi connectivity index (χ3v) is 2.84. The van der Waals surface area contributed by atoms with Crippen LogP contribution in [0.5, 0.6) is 0 Å². The van der Waals surface area contributed by atoms with Gasteiger partial charge in [0, 0.05) is 25.7 Å². The average molecular weight is 212 g/mol. The minimum Gasteiger partial charge on any atom is -0.374 e. The Morgan fingerprint density at radius 3 is 3.13 bits per heavy atom. The number of nitrogens with one attached hydrogen (secondary N) is 1. The van der Waals surface area contributed by atoms with Gasteiger partial charge in [-0.3, -0.25) is 0 Å². The van der Waals surface area contributed by atoms with Crippen LogP contribution in [0.2, 0.25) is 0 Å². The Hall–Kier alpha value is -0.380. The van der Waals surface area contributed by atoms with E-state index in [9.17, 15) is 0 Å². The van der Waals surface area contributed by atoms with Crippen molar-refractivity contribution in [3.8, 4) is 0 Å². The quantitative estimate of drug-likeness (QED) is 0.671. The van der Waals surface area contributed by atoms with E-state index < -0.39 is 0 Å². The van der Waals surface area contributed by atoms with Gasteiger partial charge in [0.2, 0.25) is 0 Å². The van der Waals surface area contributed by atoms with Gasteiger partial charge >= 0.3 is 0 Å². The number of hydrogen-bond donors (Lipinski definition) is 1. The Labute approximate surface area is 93.5 Å². The van der Waals surface area contributed by atoms with E-state index in [4.69, 9.17) is 4.74 Å². The van der Waals surface area contributed by atoms with Crippen molar-refractivity contribution in [1.29, 1.82) is 0 Å². The molecule has 0 bridgehead atoms. The first-order valence-electron chi connectivity index (χ1n) is 5.86. The summed E-state index contributed by atoms with van der Waals surface area (Å²) in [4.78, 5) is 2.32. The maximum absolute atomic E-state index is 5.68. The van der Waals surface area contributed by atoms with E-state index in [1.54, 1.807) is 0 Å². The van der Waals surface area contributed by atoms with E-state index in [0.717, 1.165) is 39.1 Å². The van der Waals surface area contributed by atoms with E-state index in [1.807, 2.05) is 6.08 Å². The molecule has 1 saturated heterocycles. The molecule has 1 aliphatic rings. The number of likely N-dealkylation sites (N-methyl/N-ethyl adjacent to an activating group) is 1. The van der Waals surface area contributed by atoms with Crippen LogP contribution in [0.15, 0.2) is 12.7 Å². The Bertz CT molecular complexity index is 184. The largest absolute Gasteiger partial charge is 0.374 e. The monoisotopic (exact) mass is 212 g/mol. The van der Waals surface area contributed by atoms with Crippen molar-refractivity contribution in [2.45, 2.75) is 31.9 Å². The fourth-order valence-corrected chi connectivity index (χ4v) is 1.79. The summed E-state index contributed by atoms with van der Waals surface area (Å²) in [6.45, 7) is 9.88. The highest BCUT2D eigenvalue weighted by atomic mass is 16.5. The zero-order chi connectivity index (χ0) is 11.1. The van der Waals surface area contributed by atoms with Gasteiger partial charge in [0.05, 0.1) is 12.7 Å². The molecule has 1 rings (SSSR count). The smallest absolute Gasteiger partial charge is 0.0826 e. The maximum atomic E-state index is 5.68. The average Bonchev–Trinajstić information content (AvgIpc) is 2.23. The van der Waals surface area contributed by atoms with Gasteiger partial charge in [-0.05, 0) is 26.8 Å². The molecule has 3 heteroatoms. The summed E-state index contributed by atoms with van der Waals surface area (Å²) in [5.74, 6) is 0. The van der Waals surface area contributed by atoms with Gasteiger partial charge in [0.25, 0.3) is 0 Å². The van der Waals surface area contributed by atoms with Crippen molar-refractivity contribution in [2.75, 3.05) is 33.3 Å². The van der Waals surface area contributed by atoms with Crippen LogP contribution in [0.1, 0.15) is 19.8 Å². The van der Waals surface area contributed by atoms with Crippen molar-refractivity contribution in [3.63, 3.8) is 0 Å². The van der Waals surface area contributed by atoms with Crippen LogP contribution >= 0.6 is 0 Å². The fraction of sp³-hybridized carbons (Fsp3) is 0.833. The summed E-state index contributed by atoms with van der Waals surface area (Å²) in [5.41, 5.74) is 0. The van der Waals surface area contributed by atoms with Crippen molar-refractivity contribution in [2.24, 2.45) is 0 Å². The lowest BCUT2D eigenvalue weighted by molar-refractivity contribution is -0.0191. The number of morpholine rings is 1. The summed E-state index contributed by atoms with van der Waals surface area (Å²) < 4.78 is 5.68. The van der Waals surface area contributed by atoms with E-state index in [1.165, 1.54) is 0 Å². The molecule has 1 aliphatic heterocycles. The lowest BCUT2D eigenvalue weighted by atomic mass is 10.1. The molecule has 1 heterocycles. The van der Waals surface area contributed by atoms with Crippen molar-refractivity contribution < 1.29 is 4.74 Å². The molecule has 1 fully saturated rings. The lowest BCUT2D eigenvalue weighted by Gasteiger charge is -2.31. The Balaban J connectivity index is 2.10. The van der Waals surface area contributed by atoms with Crippen LogP contribution in [-0.2, 0) is 4.74 Å². The number of rotatable bonds is 6. The molecular weight excluding hydrogens is 188 g/mol. The van der Waals surface area contributed by atoms with Gasteiger partial charge in [-0.25, -0.2) is 0 Å². The highest BCUT2D eigenvalue weighted by Gasteiger charge is 2.17. The first kappa shape index (κ1) is 12.7. The molecule has 0 radical (unpaired) electrons. The highest BCUT2D eigenvalue weighted by Crippen LogP contribution is 2.03. The zero-order valence-corrected chi connectivity index (χ0v) is 10.0. The number of hydrogen-bond acceptors (Lipinski definition) is 3. The van der Waals surface area contributed by atoms with Crippen molar-refractivity contribution in [3.05, 3.63) is 12.7 Å². The molecule has 0 aliphatic carbocycles. The molecule has 2 atom stereocenters. The molecule has 0 aromatic heterocycles. The van der Waals surface area contributed by atoms with Gasteiger partial charge in [0.1, 0.15) is 0 Å². The predicted molar refractivity (Wildman–Crippen MR) is 64.1 cm³/mol. The molecule has 3 nitrogen and oxygen atoms in total. The molecule has 0 aromatic carbocycles. The minimum atomic E-state index is 0.356. The third kappa shape index (κ3) is 5.30. The molecular formula is C12H24N2O. The molecule has 0 saturated carbocycles. The first-order valence-corrected chi connectivity index (χ1v) is 5.86. The second-order valence-electron chi connectivity index (χ2n) is 4.43. The van der Waals surface area contributed by atoms with Crippen LogP contribution < -0.4 is 5.32 Å². The van der Waals surface area contributed by atoms with Gasteiger partial charge in [-0.2, -0.15) is 0 Å². The summed E-state index contributed by atoms with van der Waals surface area (Å²) in [6, 6.07) is 0.554. The Morgan fingerprint density at radius 2 is 2.47 bits per heavy atom. The summed E-state index contributed by atoms with van der Waals surface area (Å²) in [7, 11) is 2.15. The number of allylic oxidation sites excluding steroid dienone is 1. The van der Waals surface area contributed by atoms with Gasteiger partial charge < -0.3 is 15.0 Å². The van der Waals surface area contributed by atoms with Crippen molar-refractivity contribution in [1.82, 2.24) is 10.2 Å². The molecule has 15 heavy (non-hydrogen) atoms. The summed E-state index contributed by atoms with van der Waals surface area (Å²) >= 11 is 0. The van der Waals surface area contributed by atoms with E-state index in [2.05, 4.69) is 30.8 Å². The lowest BCUT2D eigenvalue weighted by Crippen LogP contribution is -2.46. The van der Waals surface area contributed by atoms with E-state index >= 15 is 0 Å². The molecule has 0 aromatic rings. The highest BCUT2D eigenvalue weighted by molar-refractivity contribution is 4.75. The fourth-order valence-electron chi connectivity index (χ4n) is 1.79. The normalized spacial score (nSPS) is 25.1. The third-order valence-electron chi connectivity index (χ3n) is 2.84. The van der Waals surface area contributed by atoms with Crippen molar-refractivity contribution >= 4 is 0 Å². The van der Waals surface area contributed by atoms with E-state index in [0.29, 0.717) is 12.1 Å². The van der Waals surface area contributed by atoms with Gasteiger partial charge in [-0.1, -0.05) is 6.08 Å². The Morgan fingerprint density at radius 1 is 1.67 bits per heavy atom. The van der Waals surface area contributed by atoms with Crippen LogP contribution in [0.4, 0.5) is 0 Å². The van der Waals surface area contributed by atoms with Crippen LogP contribution in [-0.4, -0.2) is 50.3 Å². The number of nitrogens with zero attached hydrogens (tertiary/aromatic N) is 1. The molecule has 0 spiro atoms. The first-order chi connectivity index (χ1) is 7.22. The topological polar surface area (TPSA) is 24.5 Å². The maximum Gasteiger partial charge on any atom is 0.0826 e. The summed E-state index contributed by atoms with van der Waals surface area (Å²) in [6.07, 6.45) is 4.57.